The molecule has 2 aliphatic heterocycles. The number of hydrogen-bond acceptors (Lipinski definition) is 4. The molecule has 3 heterocycles. The van der Waals surface area contributed by atoms with E-state index in [-0.39, 0.29) is 6.09 Å². The summed E-state index contributed by atoms with van der Waals surface area (Å²) in [7, 11) is 0. The molecule has 114 valence electrons. The normalized spacial score (nSPS) is 21.1. The number of likely N-dealkylation sites (tertiary alicyclic amines) is 1. The van der Waals surface area contributed by atoms with Crippen LogP contribution in [-0.4, -0.2) is 41.2 Å². The van der Waals surface area contributed by atoms with Gasteiger partial charge >= 0.3 is 6.09 Å². The average molecular weight is 289 g/mol. The molecule has 0 aliphatic carbocycles. The van der Waals surface area contributed by atoms with E-state index in [2.05, 4.69) is 16.4 Å². The summed E-state index contributed by atoms with van der Waals surface area (Å²) in [5, 5.41) is 3.31. The Labute approximate surface area is 125 Å². The molecule has 3 rings (SSSR count). The van der Waals surface area contributed by atoms with Gasteiger partial charge in [-0.05, 0) is 50.8 Å². The quantitative estimate of drug-likeness (QED) is 0.863. The van der Waals surface area contributed by atoms with E-state index < -0.39 is 5.60 Å². The zero-order chi connectivity index (χ0) is 15.0. The fraction of sp³-hybridized carbons (Fsp3) is 0.625. The Morgan fingerprint density at radius 3 is 3.05 bits per heavy atom. The summed E-state index contributed by atoms with van der Waals surface area (Å²) in [5.74, 6) is 1.41. The molecule has 0 aromatic carbocycles. The van der Waals surface area contributed by atoms with Crippen LogP contribution in [0, 0.1) is 0 Å². The van der Waals surface area contributed by atoms with Gasteiger partial charge in [-0.1, -0.05) is 0 Å². The minimum atomic E-state index is -0.434. The summed E-state index contributed by atoms with van der Waals surface area (Å²) < 4.78 is 5.46. The summed E-state index contributed by atoms with van der Waals surface area (Å²) in [6.45, 7) is 8.18. The van der Waals surface area contributed by atoms with Gasteiger partial charge in [-0.2, -0.15) is 0 Å². The number of carbonyl (C=O) groups excluding carboxylic acids is 1. The smallest absolute Gasteiger partial charge is 0.410 e. The van der Waals surface area contributed by atoms with Crippen LogP contribution in [-0.2, 0) is 11.2 Å². The third-order valence-electron chi connectivity index (χ3n) is 4.04. The fourth-order valence-corrected chi connectivity index (χ4v) is 3.12. The lowest BCUT2D eigenvalue weighted by molar-refractivity contribution is 0.0292. The van der Waals surface area contributed by atoms with E-state index in [1.54, 1.807) is 0 Å². The van der Waals surface area contributed by atoms with Crippen LogP contribution in [0.25, 0.3) is 0 Å². The highest BCUT2D eigenvalue weighted by molar-refractivity contribution is 5.69. The van der Waals surface area contributed by atoms with Crippen LogP contribution in [0.15, 0.2) is 12.3 Å². The summed E-state index contributed by atoms with van der Waals surface area (Å²) in [4.78, 5) is 18.4. The fourth-order valence-electron chi connectivity index (χ4n) is 3.12. The highest BCUT2D eigenvalue weighted by atomic mass is 16.6. The number of rotatable bonds is 1. The molecule has 0 spiro atoms. The number of nitrogens with zero attached hydrogens (tertiary/aromatic N) is 2. The number of fused-ring (bicyclic) bond motifs is 1. The maximum atomic E-state index is 12.2. The molecule has 2 aliphatic rings. The molecule has 1 fully saturated rings. The molecule has 5 nitrogen and oxygen atoms in total. The molecule has 0 saturated carbocycles. The zero-order valence-electron chi connectivity index (χ0n) is 13.0. The Morgan fingerprint density at radius 2 is 2.29 bits per heavy atom. The molecule has 0 bridgehead atoms. The van der Waals surface area contributed by atoms with E-state index in [1.165, 1.54) is 11.1 Å². The van der Waals surface area contributed by atoms with Crippen LogP contribution in [0.3, 0.4) is 0 Å². The number of ether oxygens (including phenoxy) is 1. The second-order valence-electron chi connectivity index (χ2n) is 6.82. The van der Waals surface area contributed by atoms with Crippen molar-refractivity contribution in [1.29, 1.82) is 0 Å². The summed E-state index contributed by atoms with van der Waals surface area (Å²) >= 11 is 0. The minimum Gasteiger partial charge on any atom is -0.444 e. The van der Waals surface area contributed by atoms with Crippen molar-refractivity contribution in [2.24, 2.45) is 0 Å². The second kappa shape index (κ2) is 5.20. The van der Waals surface area contributed by atoms with Gasteiger partial charge in [-0.3, -0.25) is 0 Å². The molecule has 0 radical (unpaired) electrons. The summed E-state index contributed by atoms with van der Waals surface area (Å²) in [6.07, 6.45) is 3.69. The van der Waals surface area contributed by atoms with Crippen molar-refractivity contribution < 1.29 is 9.53 Å². The second-order valence-corrected chi connectivity index (χ2v) is 6.82. The lowest BCUT2D eigenvalue weighted by Gasteiger charge is -2.24. The van der Waals surface area contributed by atoms with Crippen molar-refractivity contribution >= 4 is 11.9 Å². The predicted molar refractivity (Wildman–Crippen MR) is 81.6 cm³/mol. The van der Waals surface area contributed by atoms with Gasteiger partial charge in [-0.15, -0.1) is 0 Å². The molecule has 5 heteroatoms. The first-order chi connectivity index (χ1) is 9.94. The molecule has 1 amide bonds. The van der Waals surface area contributed by atoms with Crippen molar-refractivity contribution in [1.82, 2.24) is 9.88 Å². The number of anilines is 1. The molecule has 1 atom stereocenters. The Hall–Kier alpha value is -1.78. The number of amides is 1. The van der Waals surface area contributed by atoms with Crippen molar-refractivity contribution in [3.05, 3.63) is 23.4 Å². The molecule has 1 aromatic rings. The van der Waals surface area contributed by atoms with Crippen LogP contribution in [0.4, 0.5) is 10.6 Å². The largest absolute Gasteiger partial charge is 0.444 e. The number of hydrogen-bond donors (Lipinski definition) is 1. The predicted octanol–water partition coefficient (Wildman–Crippen LogP) is 2.77. The van der Waals surface area contributed by atoms with E-state index in [1.807, 2.05) is 31.9 Å². The first-order valence-corrected chi connectivity index (χ1v) is 7.63. The van der Waals surface area contributed by atoms with Crippen molar-refractivity contribution in [3.63, 3.8) is 0 Å². The zero-order valence-corrected chi connectivity index (χ0v) is 13.0. The Bertz CT molecular complexity index is 551. The van der Waals surface area contributed by atoms with Gasteiger partial charge in [0, 0.05) is 31.7 Å². The first kappa shape index (κ1) is 14.2. The van der Waals surface area contributed by atoms with Crippen LogP contribution < -0.4 is 5.32 Å². The lowest BCUT2D eigenvalue weighted by atomic mass is 9.94. The molecule has 1 unspecified atom stereocenters. The van der Waals surface area contributed by atoms with Gasteiger partial charge in [0.2, 0.25) is 0 Å². The number of aromatic nitrogens is 1. The molecular formula is C16H23N3O2. The average Bonchev–Trinajstić information content (AvgIpc) is 3.05. The van der Waals surface area contributed by atoms with Crippen molar-refractivity contribution in [2.75, 3.05) is 25.0 Å². The topological polar surface area (TPSA) is 54.5 Å². The minimum absolute atomic E-state index is 0.200. The monoisotopic (exact) mass is 289 g/mol. The van der Waals surface area contributed by atoms with Crippen molar-refractivity contribution in [2.45, 2.75) is 45.1 Å². The van der Waals surface area contributed by atoms with Crippen molar-refractivity contribution in [3.8, 4) is 0 Å². The third-order valence-corrected chi connectivity index (χ3v) is 4.04. The molecular weight excluding hydrogens is 266 g/mol. The van der Waals surface area contributed by atoms with E-state index in [0.29, 0.717) is 5.92 Å². The molecule has 21 heavy (non-hydrogen) atoms. The molecule has 1 N–H and O–H groups in total. The van der Waals surface area contributed by atoms with Gasteiger partial charge in [0.05, 0.1) is 0 Å². The van der Waals surface area contributed by atoms with Gasteiger partial charge in [0.25, 0.3) is 0 Å². The third kappa shape index (κ3) is 2.96. The first-order valence-electron chi connectivity index (χ1n) is 7.63. The van der Waals surface area contributed by atoms with E-state index in [4.69, 9.17) is 4.74 Å². The molecule has 1 saturated heterocycles. The Morgan fingerprint density at radius 1 is 1.48 bits per heavy atom. The number of carbonyl (C=O) groups is 1. The van der Waals surface area contributed by atoms with Crippen LogP contribution >= 0.6 is 0 Å². The molecule has 1 aromatic heterocycles. The number of pyridine rings is 1. The lowest BCUT2D eigenvalue weighted by Crippen LogP contribution is -2.35. The summed E-state index contributed by atoms with van der Waals surface area (Å²) in [5.41, 5.74) is 2.24. The standard InChI is InChI=1S/C16H23N3O2/c1-16(2,3)21-15(20)19-9-6-11(10-19)12-4-7-17-14-13(12)5-8-18-14/h4,7,11H,5-6,8-10H2,1-3H3,(H,17,18). The van der Waals surface area contributed by atoms with E-state index in [9.17, 15) is 4.79 Å². The van der Waals surface area contributed by atoms with Crippen LogP contribution in [0.1, 0.15) is 44.2 Å². The van der Waals surface area contributed by atoms with Gasteiger partial charge < -0.3 is 15.0 Å². The summed E-state index contributed by atoms with van der Waals surface area (Å²) in [6, 6.07) is 2.11. The maximum absolute atomic E-state index is 12.2. The Kier molecular flexibility index (Phi) is 3.51. The Balaban J connectivity index is 1.71. The number of nitrogens with one attached hydrogen (secondary N) is 1. The highest BCUT2D eigenvalue weighted by Gasteiger charge is 2.32. The van der Waals surface area contributed by atoms with E-state index >= 15 is 0 Å². The van der Waals surface area contributed by atoms with Gasteiger partial charge in [0.15, 0.2) is 0 Å². The SMILES string of the molecule is CC(C)(C)OC(=O)N1CCC(c2ccnc3c2CCN3)C1. The van der Waals surface area contributed by atoms with Gasteiger partial charge in [-0.25, -0.2) is 9.78 Å². The van der Waals surface area contributed by atoms with Gasteiger partial charge in [0.1, 0.15) is 11.4 Å². The maximum Gasteiger partial charge on any atom is 0.410 e. The van der Waals surface area contributed by atoms with Crippen LogP contribution in [0.5, 0.6) is 0 Å². The van der Waals surface area contributed by atoms with E-state index in [0.717, 1.165) is 38.3 Å². The highest BCUT2D eigenvalue weighted by Crippen LogP contribution is 2.34. The van der Waals surface area contributed by atoms with Crippen LogP contribution in [0.2, 0.25) is 0 Å².